The van der Waals surface area contributed by atoms with Crippen molar-refractivity contribution in [3.63, 3.8) is 0 Å². The van der Waals surface area contributed by atoms with Gasteiger partial charge in [-0.15, -0.1) is 0 Å². The van der Waals surface area contributed by atoms with E-state index in [1.54, 1.807) is 24.3 Å². The molecule has 0 bridgehead atoms. The number of carbonyl (C=O) groups excluding carboxylic acids is 2. The second kappa shape index (κ2) is 10.3. The van der Waals surface area contributed by atoms with Crippen LogP contribution in [0.3, 0.4) is 0 Å². The normalized spacial score (nSPS) is 10.2. The molecule has 0 saturated heterocycles. The average Bonchev–Trinajstić information content (AvgIpc) is 2.66. The molecule has 0 saturated carbocycles. The Morgan fingerprint density at radius 2 is 1.40 bits per heavy atom. The van der Waals surface area contributed by atoms with Gasteiger partial charge in [0.25, 0.3) is 0 Å². The number of esters is 2. The fourth-order valence-corrected chi connectivity index (χ4v) is 1.80. The molecule has 0 aromatic heterocycles. The Morgan fingerprint density at radius 1 is 0.960 bits per heavy atom. The first-order valence-corrected chi connectivity index (χ1v) is 7.48. The van der Waals surface area contributed by atoms with Gasteiger partial charge in [-0.25, -0.2) is 9.59 Å². The molecule has 7 nitrogen and oxygen atoms in total. The van der Waals surface area contributed by atoms with Crippen LogP contribution in [0.5, 0.6) is 5.75 Å². The van der Waals surface area contributed by atoms with Crippen LogP contribution in [-0.4, -0.2) is 55.7 Å². The fourth-order valence-electron chi connectivity index (χ4n) is 1.80. The number of carbonyl (C=O) groups is 2. The molecule has 1 aromatic carbocycles. The molecule has 0 unspecified atom stereocenters. The summed E-state index contributed by atoms with van der Waals surface area (Å²) in [5.74, 6) is -1.25. The third-order valence-corrected chi connectivity index (χ3v) is 3.38. The minimum absolute atomic E-state index is 0.0702. The summed E-state index contributed by atoms with van der Waals surface area (Å²) >= 11 is 0. The monoisotopic (exact) mass is 350 g/mol. The topological polar surface area (TPSA) is 102 Å². The van der Waals surface area contributed by atoms with Gasteiger partial charge in [0.05, 0.1) is 37.4 Å². The molecule has 136 valence electrons. The van der Waals surface area contributed by atoms with Crippen LogP contribution in [0.1, 0.15) is 11.5 Å². The van der Waals surface area contributed by atoms with Crippen LogP contribution >= 0.6 is 0 Å². The Hall–Kier alpha value is -2.64. The number of hydrogen-bond donors (Lipinski definition) is 2. The number of aliphatic hydroxyl groups excluding tert-OH is 2. The molecule has 0 aliphatic rings. The van der Waals surface area contributed by atoms with Crippen LogP contribution in [0.4, 0.5) is 0 Å². The van der Waals surface area contributed by atoms with Crippen molar-refractivity contribution in [3.8, 4) is 5.75 Å². The molecule has 2 N–H and O–H groups in total. The standard InChI is InChI=1S/C18H22O7/c1-12(8-19)17(21)24-10-15(11-25-18(22)13(2)9-20)14-4-6-16(23-3)7-5-14/h4-7,15,19-20H,1-2,8-11H2,3H3. The molecule has 25 heavy (non-hydrogen) atoms. The molecule has 1 rings (SSSR count). The molecule has 0 aliphatic carbocycles. The highest BCUT2D eigenvalue weighted by Gasteiger charge is 2.19. The minimum atomic E-state index is -0.730. The highest BCUT2D eigenvalue weighted by molar-refractivity contribution is 5.88. The lowest BCUT2D eigenvalue weighted by molar-refractivity contribution is -0.142. The van der Waals surface area contributed by atoms with E-state index in [0.717, 1.165) is 5.56 Å². The van der Waals surface area contributed by atoms with Crippen LogP contribution in [0.2, 0.25) is 0 Å². The molecule has 0 fully saturated rings. The maximum atomic E-state index is 11.6. The quantitative estimate of drug-likeness (QED) is 0.479. The van der Waals surface area contributed by atoms with Crippen molar-refractivity contribution in [3.05, 3.63) is 54.1 Å². The van der Waals surface area contributed by atoms with E-state index in [-0.39, 0.29) is 24.4 Å². The zero-order valence-electron chi connectivity index (χ0n) is 14.1. The second-order valence-corrected chi connectivity index (χ2v) is 5.19. The summed E-state index contributed by atoms with van der Waals surface area (Å²) in [5, 5.41) is 17.8. The summed E-state index contributed by atoms with van der Waals surface area (Å²) in [5.41, 5.74) is 0.615. The van der Waals surface area contributed by atoms with Gasteiger partial charge in [0.2, 0.25) is 0 Å². The van der Waals surface area contributed by atoms with E-state index in [2.05, 4.69) is 13.2 Å². The largest absolute Gasteiger partial charge is 0.497 e. The van der Waals surface area contributed by atoms with Crippen molar-refractivity contribution >= 4 is 11.9 Å². The van der Waals surface area contributed by atoms with Gasteiger partial charge in [0, 0.05) is 0 Å². The third kappa shape index (κ3) is 6.40. The van der Waals surface area contributed by atoms with Crippen LogP contribution in [0.25, 0.3) is 0 Å². The number of rotatable bonds is 10. The van der Waals surface area contributed by atoms with E-state index in [4.69, 9.17) is 24.4 Å². The first-order chi connectivity index (χ1) is 11.9. The van der Waals surface area contributed by atoms with Gasteiger partial charge < -0.3 is 24.4 Å². The molecular weight excluding hydrogens is 328 g/mol. The van der Waals surface area contributed by atoms with Crippen molar-refractivity contribution in [1.82, 2.24) is 0 Å². The first-order valence-electron chi connectivity index (χ1n) is 7.48. The SMILES string of the molecule is C=C(CO)C(=O)OCC(COC(=O)C(=C)CO)c1ccc(OC)cc1. The summed E-state index contributed by atoms with van der Waals surface area (Å²) in [6.07, 6.45) is 0. The van der Waals surface area contributed by atoms with Gasteiger partial charge in [0.1, 0.15) is 19.0 Å². The predicted molar refractivity (Wildman–Crippen MR) is 90.1 cm³/mol. The first kappa shape index (κ1) is 20.4. The van der Waals surface area contributed by atoms with Crippen molar-refractivity contribution in [1.29, 1.82) is 0 Å². The molecule has 0 spiro atoms. The third-order valence-electron chi connectivity index (χ3n) is 3.38. The lowest BCUT2D eigenvalue weighted by Gasteiger charge is -2.18. The van der Waals surface area contributed by atoms with E-state index in [9.17, 15) is 9.59 Å². The zero-order valence-corrected chi connectivity index (χ0v) is 14.1. The van der Waals surface area contributed by atoms with Crippen LogP contribution in [-0.2, 0) is 19.1 Å². The minimum Gasteiger partial charge on any atom is -0.497 e. The number of methoxy groups -OCH3 is 1. The number of hydrogen-bond acceptors (Lipinski definition) is 7. The molecule has 0 aliphatic heterocycles. The van der Waals surface area contributed by atoms with Gasteiger partial charge in [-0.2, -0.15) is 0 Å². The van der Waals surface area contributed by atoms with Crippen LogP contribution in [0.15, 0.2) is 48.6 Å². The summed E-state index contributed by atoms with van der Waals surface area (Å²) < 4.78 is 15.3. The molecule has 0 radical (unpaired) electrons. The number of ether oxygens (including phenoxy) is 3. The highest BCUT2D eigenvalue weighted by Crippen LogP contribution is 2.21. The zero-order chi connectivity index (χ0) is 18.8. The Labute approximate surface area is 146 Å². The van der Waals surface area contributed by atoms with Gasteiger partial charge in [-0.1, -0.05) is 25.3 Å². The van der Waals surface area contributed by atoms with E-state index in [1.165, 1.54) is 7.11 Å². The maximum Gasteiger partial charge on any atom is 0.335 e. The lowest BCUT2D eigenvalue weighted by Crippen LogP contribution is -2.21. The van der Waals surface area contributed by atoms with Crippen molar-refractivity contribution < 1.29 is 34.0 Å². The molecule has 7 heteroatoms. The Kier molecular flexibility index (Phi) is 8.38. The molecule has 0 atom stereocenters. The lowest BCUT2D eigenvalue weighted by atomic mass is 10.0. The van der Waals surface area contributed by atoms with Crippen LogP contribution in [0, 0.1) is 0 Å². The fraction of sp³-hybridized carbons (Fsp3) is 0.333. The van der Waals surface area contributed by atoms with E-state index in [1.807, 2.05) is 0 Å². The molecular formula is C18H22O7. The predicted octanol–water partition coefficient (Wildman–Crippen LogP) is 0.962. The van der Waals surface area contributed by atoms with E-state index >= 15 is 0 Å². The summed E-state index contributed by atoms with van der Waals surface area (Å²) in [7, 11) is 1.54. The number of benzene rings is 1. The van der Waals surface area contributed by atoms with Crippen molar-refractivity contribution in [2.75, 3.05) is 33.5 Å². The Balaban J connectivity index is 2.81. The molecule has 1 aromatic rings. The van der Waals surface area contributed by atoms with Gasteiger partial charge in [0.15, 0.2) is 0 Å². The van der Waals surface area contributed by atoms with Gasteiger partial charge in [-0.3, -0.25) is 0 Å². The van der Waals surface area contributed by atoms with Crippen molar-refractivity contribution in [2.45, 2.75) is 5.92 Å². The van der Waals surface area contributed by atoms with E-state index in [0.29, 0.717) is 5.75 Å². The van der Waals surface area contributed by atoms with Gasteiger partial charge in [-0.05, 0) is 17.7 Å². The second-order valence-electron chi connectivity index (χ2n) is 5.19. The Bertz CT molecular complexity index is 587. The summed E-state index contributed by atoms with van der Waals surface area (Å²) in [4.78, 5) is 23.3. The van der Waals surface area contributed by atoms with Gasteiger partial charge >= 0.3 is 11.9 Å². The van der Waals surface area contributed by atoms with Crippen LogP contribution < -0.4 is 4.74 Å². The number of aliphatic hydroxyl groups is 2. The maximum absolute atomic E-state index is 11.6. The average molecular weight is 350 g/mol. The smallest absolute Gasteiger partial charge is 0.335 e. The molecule has 0 amide bonds. The van der Waals surface area contributed by atoms with Crippen molar-refractivity contribution in [2.24, 2.45) is 0 Å². The molecule has 0 heterocycles. The van der Waals surface area contributed by atoms with E-state index < -0.39 is 31.1 Å². The Morgan fingerprint density at radius 3 is 1.76 bits per heavy atom. The summed E-state index contributed by atoms with van der Waals surface area (Å²) in [6.45, 7) is 5.61. The highest BCUT2D eigenvalue weighted by atomic mass is 16.5. The summed E-state index contributed by atoms with van der Waals surface area (Å²) in [6, 6.07) is 6.97.